The standard InChI is InChI=1S/C19H22N4O5S/c1-14(24)15-3-5-16(6-4-15)21-9-11-22(12-10-21)18-8-7-17(29(27,28)20-2)13-19(18)23(25)26/h3-8,13,20H,9-12H2,1-2H3. The minimum atomic E-state index is -3.76. The number of benzene rings is 2. The summed E-state index contributed by atoms with van der Waals surface area (Å²) >= 11 is 0. The van der Waals surface area contributed by atoms with E-state index < -0.39 is 14.9 Å². The summed E-state index contributed by atoms with van der Waals surface area (Å²) in [6.07, 6.45) is 0. The lowest BCUT2D eigenvalue weighted by atomic mass is 10.1. The summed E-state index contributed by atoms with van der Waals surface area (Å²) in [5, 5.41) is 11.5. The highest BCUT2D eigenvalue weighted by molar-refractivity contribution is 7.89. The number of carbonyl (C=O) groups excluding carboxylic acids is 1. The minimum Gasteiger partial charge on any atom is -0.368 e. The fraction of sp³-hybridized carbons (Fsp3) is 0.316. The maximum Gasteiger partial charge on any atom is 0.293 e. The highest BCUT2D eigenvalue weighted by Crippen LogP contribution is 2.32. The number of nitro benzene ring substituents is 1. The van der Waals surface area contributed by atoms with Crippen molar-refractivity contribution in [1.82, 2.24) is 4.72 Å². The second-order valence-corrected chi connectivity index (χ2v) is 8.58. The van der Waals surface area contributed by atoms with E-state index in [4.69, 9.17) is 0 Å². The third-order valence-corrected chi connectivity index (χ3v) is 6.39. The van der Waals surface area contributed by atoms with E-state index in [2.05, 4.69) is 9.62 Å². The van der Waals surface area contributed by atoms with Crippen LogP contribution in [0.25, 0.3) is 0 Å². The number of piperazine rings is 1. The van der Waals surface area contributed by atoms with Crippen molar-refractivity contribution in [2.24, 2.45) is 0 Å². The van der Waals surface area contributed by atoms with Gasteiger partial charge in [0.05, 0.1) is 9.82 Å². The van der Waals surface area contributed by atoms with Gasteiger partial charge in [-0.3, -0.25) is 14.9 Å². The van der Waals surface area contributed by atoms with Crippen molar-refractivity contribution in [3.63, 3.8) is 0 Å². The molecule has 1 heterocycles. The maximum absolute atomic E-state index is 12.0. The van der Waals surface area contributed by atoms with Crippen LogP contribution in [0.15, 0.2) is 47.4 Å². The van der Waals surface area contributed by atoms with Crippen LogP contribution >= 0.6 is 0 Å². The first-order chi connectivity index (χ1) is 13.7. The minimum absolute atomic E-state index is 0.0115. The van der Waals surface area contributed by atoms with Crippen LogP contribution in [0.2, 0.25) is 0 Å². The summed E-state index contributed by atoms with van der Waals surface area (Å²) in [6.45, 7) is 3.91. The first-order valence-corrected chi connectivity index (χ1v) is 10.5. The van der Waals surface area contributed by atoms with Crippen molar-refractivity contribution in [3.8, 4) is 0 Å². The van der Waals surface area contributed by atoms with Gasteiger partial charge in [0.2, 0.25) is 10.0 Å². The number of hydrogen-bond acceptors (Lipinski definition) is 7. The van der Waals surface area contributed by atoms with Crippen molar-refractivity contribution >= 4 is 32.9 Å². The van der Waals surface area contributed by atoms with Crippen LogP contribution in [0.4, 0.5) is 17.1 Å². The SMILES string of the molecule is CNS(=O)(=O)c1ccc(N2CCN(c3ccc(C(C)=O)cc3)CC2)c([N+](=O)[O-])c1. The van der Waals surface area contributed by atoms with Crippen LogP contribution in [-0.2, 0) is 10.0 Å². The second kappa shape index (κ2) is 8.18. The van der Waals surface area contributed by atoms with E-state index in [1.165, 1.54) is 26.1 Å². The van der Waals surface area contributed by atoms with E-state index in [0.717, 1.165) is 11.8 Å². The summed E-state index contributed by atoms with van der Waals surface area (Å²) in [5.74, 6) is 0.0115. The first-order valence-electron chi connectivity index (χ1n) is 9.06. The monoisotopic (exact) mass is 418 g/mol. The molecule has 1 aliphatic heterocycles. The van der Waals surface area contributed by atoms with Crippen molar-refractivity contribution < 1.29 is 18.1 Å². The predicted octanol–water partition coefficient (Wildman–Crippen LogP) is 2.03. The third kappa shape index (κ3) is 4.38. The Balaban J connectivity index is 1.78. The van der Waals surface area contributed by atoms with Crippen molar-refractivity contribution in [3.05, 3.63) is 58.1 Å². The molecule has 3 rings (SSSR count). The van der Waals surface area contributed by atoms with E-state index >= 15 is 0 Å². The number of anilines is 2. The van der Waals surface area contributed by atoms with Gasteiger partial charge in [-0.05, 0) is 50.4 Å². The summed E-state index contributed by atoms with van der Waals surface area (Å²) in [7, 11) is -2.50. The Morgan fingerprint density at radius 3 is 2.14 bits per heavy atom. The van der Waals surface area contributed by atoms with E-state index in [0.29, 0.717) is 37.4 Å². The predicted molar refractivity (Wildman–Crippen MR) is 110 cm³/mol. The smallest absolute Gasteiger partial charge is 0.293 e. The zero-order chi connectivity index (χ0) is 21.2. The second-order valence-electron chi connectivity index (χ2n) is 6.69. The molecular formula is C19H22N4O5S. The molecule has 9 nitrogen and oxygen atoms in total. The van der Waals surface area contributed by atoms with Crippen molar-refractivity contribution in [2.75, 3.05) is 43.0 Å². The van der Waals surface area contributed by atoms with Gasteiger partial charge in [0.25, 0.3) is 5.69 Å². The average Bonchev–Trinajstić information content (AvgIpc) is 2.73. The molecule has 1 saturated heterocycles. The molecule has 154 valence electrons. The molecule has 1 fully saturated rings. The number of nitro groups is 1. The molecule has 0 amide bonds. The Bertz CT molecular complexity index is 1030. The lowest BCUT2D eigenvalue weighted by Gasteiger charge is -2.37. The van der Waals surface area contributed by atoms with Gasteiger partial charge in [0.15, 0.2) is 5.78 Å². The molecule has 1 aliphatic rings. The molecule has 1 N–H and O–H groups in total. The number of nitrogens with zero attached hydrogens (tertiary/aromatic N) is 3. The maximum atomic E-state index is 12.0. The van der Waals surface area contributed by atoms with Crippen LogP contribution in [0.3, 0.4) is 0 Å². The molecule has 0 spiro atoms. The van der Waals surface area contributed by atoms with Crippen LogP contribution in [0.1, 0.15) is 17.3 Å². The summed E-state index contributed by atoms with van der Waals surface area (Å²) in [4.78, 5) is 26.3. The van der Waals surface area contributed by atoms with Gasteiger partial charge in [0.1, 0.15) is 5.69 Å². The Kier molecular flexibility index (Phi) is 5.85. The van der Waals surface area contributed by atoms with Crippen molar-refractivity contribution in [1.29, 1.82) is 0 Å². The molecular weight excluding hydrogens is 396 g/mol. The lowest BCUT2D eigenvalue weighted by Crippen LogP contribution is -2.46. The number of ketones is 1. The number of sulfonamides is 1. The van der Waals surface area contributed by atoms with Gasteiger partial charge in [-0.2, -0.15) is 0 Å². The summed E-state index contributed by atoms with van der Waals surface area (Å²) in [5.41, 5.74) is 1.80. The van der Waals surface area contributed by atoms with Gasteiger partial charge < -0.3 is 9.80 Å². The quantitative estimate of drug-likeness (QED) is 0.434. The third-order valence-electron chi connectivity index (χ3n) is 4.98. The topological polar surface area (TPSA) is 113 Å². The lowest BCUT2D eigenvalue weighted by molar-refractivity contribution is -0.384. The molecule has 2 aromatic rings. The Labute approximate surface area is 169 Å². The molecule has 10 heteroatoms. The molecule has 0 saturated carbocycles. The molecule has 0 atom stereocenters. The zero-order valence-electron chi connectivity index (χ0n) is 16.2. The van der Waals surface area contributed by atoms with Gasteiger partial charge in [-0.15, -0.1) is 0 Å². The van der Waals surface area contributed by atoms with Gasteiger partial charge in [-0.1, -0.05) is 0 Å². The van der Waals surface area contributed by atoms with E-state index in [1.807, 2.05) is 17.0 Å². The fourth-order valence-electron chi connectivity index (χ4n) is 3.31. The van der Waals surface area contributed by atoms with Crippen LogP contribution < -0.4 is 14.5 Å². The van der Waals surface area contributed by atoms with E-state index in [9.17, 15) is 23.3 Å². The van der Waals surface area contributed by atoms with Crippen LogP contribution in [0, 0.1) is 10.1 Å². The summed E-state index contributed by atoms with van der Waals surface area (Å²) in [6, 6.07) is 11.3. The van der Waals surface area contributed by atoms with Gasteiger partial charge >= 0.3 is 0 Å². The fourth-order valence-corrected chi connectivity index (χ4v) is 4.06. The molecule has 0 radical (unpaired) electrons. The molecule has 2 aromatic carbocycles. The van der Waals surface area contributed by atoms with Gasteiger partial charge in [-0.25, -0.2) is 13.1 Å². The Morgan fingerprint density at radius 1 is 1.03 bits per heavy atom. The largest absolute Gasteiger partial charge is 0.368 e. The number of rotatable bonds is 6. The van der Waals surface area contributed by atoms with Gasteiger partial charge in [0, 0.05) is 43.5 Å². The molecule has 0 unspecified atom stereocenters. The number of Topliss-reactive ketones (excluding diaryl/α,β-unsaturated/α-hetero) is 1. The Morgan fingerprint density at radius 2 is 1.62 bits per heavy atom. The van der Waals surface area contributed by atoms with E-state index in [1.54, 1.807) is 12.1 Å². The Hall–Kier alpha value is -2.98. The number of hydrogen-bond donors (Lipinski definition) is 1. The number of nitrogens with one attached hydrogen (secondary N) is 1. The highest BCUT2D eigenvalue weighted by atomic mass is 32.2. The van der Waals surface area contributed by atoms with E-state index in [-0.39, 0.29) is 16.4 Å². The highest BCUT2D eigenvalue weighted by Gasteiger charge is 2.26. The molecule has 0 aromatic heterocycles. The van der Waals surface area contributed by atoms with Crippen LogP contribution in [-0.4, -0.2) is 52.4 Å². The first kappa shape index (κ1) is 20.7. The molecule has 0 bridgehead atoms. The van der Waals surface area contributed by atoms with Crippen molar-refractivity contribution in [2.45, 2.75) is 11.8 Å². The molecule has 0 aliphatic carbocycles. The summed E-state index contributed by atoms with van der Waals surface area (Å²) < 4.78 is 26.1. The average molecular weight is 418 g/mol. The zero-order valence-corrected chi connectivity index (χ0v) is 17.0. The normalized spacial score (nSPS) is 14.7. The number of carbonyl (C=O) groups is 1. The molecule has 29 heavy (non-hydrogen) atoms. The van der Waals surface area contributed by atoms with Crippen LogP contribution in [0.5, 0.6) is 0 Å².